The highest BCUT2D eigenvalue weighted by Crippen LogP contribution is 2.16. The van der Waals surface area contributed by atoms with Crippen LogP contribution in [0.3, 0.4) is 0 Å². The zero-order valence-electron chi connectivity index (χ0n) is 10.2. The monoisotopic (exact) mass is 237 g/mol. The number of nitrogens with zero attached hydrogens (tertiary/aromatic N) is 2. The molecule has 1 saturated heterocycles. The topological polar surface area (TPSA) is 58.2 Å². The van der Waals surface area contributed by atoms with Crippen LogP contribution in [-0.4, -0.2) is 35.8 Å². The third kappa shape index (κ3) is 3.06. The van der Waals surface area contributed by atoms with Crippen LogP contribution in [0.5, 0.6) is 0 Å². The molecule has 5 heteroatoms. The van der Waals surface area contributed by atoms with Gasteiger partial charge in [-0.2, -0.15) is 0 Å². The molecule has 1 aromatic heterocycles. The minimum Gasteiger partial charge on any atom is -0.376 e. The molecular weight excluding hydrogens is 218 g/mol. The molecule has 0 radical (unpaired) electrons. The van der Waals surface area contributed by atoms with Gasteiger partial charge in [0.2, 0.25) is 0 Å². The number of H-pyrrole nitrogens is 1. The van der Waals surface area contributed by atoms with Crippen molar-refractivity contribution >= 4 is 5.82 Å². The highest BCUT2D eigenvalue weighted by Gasteiger charge is 2.22. The second-order valence-electron chi connectivity index (χ2n) is 4.32. The molecule has 94 valence electrons. The molecule has 0 aromatic carbocycles. The molecular formula is C12H19N3O2. The zero-order chi connectivity index (χ0) is 12.1. The minimum atomic E-state index is -0.122. The molecule has 5 nitrogen and oxygen atoms in total. The Balaban J connectivity index is 2.02. The maximum absolute atomic E-state index is 11.6. The lowest BCUT2D eigenvalue weighted by Crippen LogP contribution is -2.42. The molecule has 0 aliphatic carbocycles. The molecule has 2 rings (SSSR count). The van der Waals surface area contributed by atoms with Crippen molar-refractivity contribution < 1.29 is 4.74 Å². The Bertz CT molecular complexity index is 405. The van der Waals surface area contributed by atoms with Gasteiger partial charge in [-0.15, -0.1) is 0 Å². The van der Waals surface area contributed by atoms with Crippen molar-refractivity contribution in [3.63, 3.8) is 0 Å². The van der Waals surface area contributed by atoms with Crippen molar-refractivity contribution in [2.24, 2.45) is 0 Å². The second-order valence-corrected chi connectivity index (χ2v) is 4.32. The molecule has 1 N–H and O–H groups in total. The summed E-state index contributed by atoms with van der Waals surface area (Å²) < 4.78 is 5.74. The molecule has 1 aliphatic heterocycles. The molecule has 2 heterocycles. The van der Waals surface area contributed by atoms with E-state index in [1.165, 1.54) is 0 Å². The van der Waals surface area contributed by atoms with Gasteiger partial charge in [0.25, 0.3) is 5.56 Å². The maximum atomic E-state index is 11.6. The van der Waals surface area contributed by atoms with Crippen molar-refractivity contribution in [3.05, 3.63) is 22.7 Å². The Morgan fingerprint density at radius 3 is 3.29 bits per heavy atom. The Morgan fingerprint density at radius 1 is 1.65 bits per heavy atom. The fourth-order valence-corrected chi connectivity index (χ4v) is 2.12. The van der Waals surface area contributed by atoms with Gasteiger partial charge < -0.3 is 14.6 Å². The van der Waals surface area contributed by atoms with Crippen molar-refractivity contribution in [3.8, 4) is 0 Å². The van der Waals surface area contributed by atoms with Gasteiger partial charge in [0.05, 0.1) is 6.10 Å². The molecule has 1 aliphatic rings. The summed E-state index contributed by atoms with van der Waals surface area (Å²) in [5, 5.41) is 0. The van der Waals surface area contributed by atoms with E-state index in [1.807, 2.05) is 4.90 Å². The van der Waals surface area contributed by atoms with E-state index in [1.54, 1.807) is 12.4 Å². The third-order valence-electron chi connectivity index (χ3n) is 2.92. The van der Waals surface area contributed by atoms with Crippen LogP contribution in [0, 0.1) is 0 Å². The van der Waals surface area contributed by atoms with Gasteiger partial charge >= 0.3 is 0 Å². The first-order valence-corrected chi connectivity index (χ1v) is 6.21. The Labute approximate surface area is 101 Å². The second kappa shape index (κ2) is 5.82. The van der Waals surface area contributed by atoms with Gasteiger partial charge in [0, 0.05) is 32.1 Å². The van der Waals surface area contributed by atoms with Gasteiger partial charge in [-0.05, 0) is 19.3 Å². The normalized spacial score (nSPS) is 20.5. The van der Waals surface area contributed by atoms with E-state index in [4.69, 9.17) is 4.74 Å². The maximum Gasteiger partial charge on any atom is 0.290 e. The number of aromatic amines is 1. The van der Waals surface area contributed by atoms with Crippen LogP contribution in [0.4, 0.5) is 5.82 Å². The average molecular weight is 237 g/mol. The number of piperidine rings is 1. The molecule has 1 aromatic rings. The van der Waals surface area contributed by atoms with E-state index < -0.39 is 0 Å². The summed E-state index contributed by atoms with van der Waals surface area (Å²) in [6.07, 6.45) is 6.55. The quantitative estimate of drug-likeness (QED) is 0.854. The smallest absolute Gasteiger partial charge is 0.290 e. The standard InChI is InChI=1S/C12H19N3O2/c1-2-8-17-10-4-3-7-15(9-10)11-12(16)14-6-5-13-11/h5-6,10H,2-4,7-9H2,1H3,(H,14,16). The number of aromatic nitrogens is 2. The zero-order valence-corrected chi connectivity index (χ0v) is 10.2. The lowest BCUT2D eigenvalue weighted by molar-refractivity contribution is 0.0438. The number of ether oxygens (including phenoxy) is 1. The van der Waals surface area contributed by atoms with Gasteiger partial charge in [0.15, 0.2) is 5.82 Å². The van der Waals surface area contributed by atoms with E-state index in [0.717, 1.165) is 39.0 Å². The number of anilines is 1. The van der Waals surface area contributed by atoms with Gasteiger partial charge in [-0.25, -0.2) is 4.98 Å². The molecule has 1 fully saturated rings. The van der Waals surface area contributed by atoms with E-state index in [2.05, 4.69) is 16.9 Å². The lowest BCUT2D eigenvalue weighted by atomic mass is 10.1. The summed E-state index contributed by atoms with van der Waals surface area (Å²) >= 11 is 0. The molecule has 0 bridgehead atoms. The van der Waals surface area contributed by atoms with Crippen molar-refractivity contribution in [2.75, 3.05) is 24.6 Å². The number of hydrogen-bond donors (Lipinski definition) is 1. The third-order valence-corrected chi connectivity index (χ3v) is 2.92. The summed E-state index contributed by atoms with van der Waals surface area (Å²) in [5.41, 5.74) is -0.122. The van der Waals surface area contributed by atoms with E-state index >= 15 is 0 Å². The predicted molar refractivity (Wildman–Crippen MR) is 66.3 cm³/mol. The van der Waals surface area contributed by atoms with E-state index in [-0.39, 0.29) is 11.7 Å². The van der Waals surface area contributed by atoms with Crippen LogP contribution < -0.4 is 10.5 Å². The molecule has 1 unspecified atom stereocenters. The predicted octanol–water partition coefficient (Wildman–Crippen LogP) is 1.17. The molecule has 0 saturated carbocycles. The molecule has 0 amide bonds. The van der Waals surface area contributed by atoms with Crippen LogP contribution in [0.2, 0.25) is 0 Å². The fraction of sp³-hybridized carbons (Fsp3) is 0.667. The van der Waals surface area contributed by atoms with Crippen LogP contribution in [-0.2, 0) is 4.74 Å². The summed E-state index contributed by atoms with van der Waals surface area (Å²) in [4.78, 5) is 20.5. The van der Waals surface area contributed by atoms with Gasteiger partial charge in [-0.1, -0.05) is 6.92 Å². The first kappa shape index (κ1) is 12.1. The Kier molecular flexibility index (Phi) is 4.14. The fourth-order valence-electron chi connectivity index (χ4n) is 2.12. The summed E-state index contributed by atoms with van der Waals surface area (Å²) in [6.45, 7) is 4.54. The average Bonchev–Trinajstić information content (AvgIpc) is 2.37. The van der Waals surface area contributed by atoms with Crippen LogP contribution in [0.15, 0.2) is 17.2 Å². The summed E-state index contributed by atoms with van der Waals surface area (Å²) in [6, 6.07) is 0. The van der Waals surface area contributed by atoms with Gasteiger partial charge in [0.1, 0.15) is 0 Å². The minimum absolute atomic E-state index is 0.122. The van der Waals surface area contributed by atoms with Crippen LogP contribution in [0.1, 0.15) is 26.2 Å². The molecule has 0 spiro atoms. The van der Waals surface area contributed by atoms with E-state index in [9.17, 15) is 4.79 Å². The van der Waals surface area contributed by atoms with Crippen LogP contribution >= 0.6 is 0 Å². The number of hydrogen-bond acceptors (Lipinski definition) is 4. The Hall–Kier alpha value is -1.36. The lowest BCUT2D eigenvalue weighted by Gasteiger charge is -2.32. The number of nitrogens with one attached hydrogen (secondary N) is 1. The van der Waals surface area contributed by atoms with E-state index in [0.29, 0.717) is 5.82 Å². The molecule has 17 heavy (non-hydrogen) atoms. The molecule has 1 atom stereocenters. The highest BCUT2D eigenvalue weighted by atomic mass is 16.5. The van der Waals surface area contributed by atoms with Crippen molar-refractivity contribution in [1.82, 2.24) is 9.97 Å². The SMILES string of the molecule is CCCOC1CCCN(c2ncc[nH]c2=O)C1. The Morgan fingerprint density at radius 2 is 2.53 bits per heavy atom. The van der Waals surface area contributed by atoms with Crippen LogP contribution in [0.25, 0.3) is 0 Å². The van der Waals surface area contributed by atoms with Crippen molar-refractivity contribution in [2.45, 2.75) is 32.3 Å². The van der Waals surface area contributed by atoms with Crippen molar-refractivity contribution in [1.29, 1.82) is 0 Å². The highest BCUT2D eigenvalue weighted by molar-refractivity contribution is 5.35. The van der Waals surface area contributed by atoms with Gasteiger partial charge in [-0.3, -0.25) is 4.79 Å². The first-order valence-electron chi connectivity index (χ1n) is 6.21. The summed E-state index contributed by atoms with van der Waals surface area (Å²) in [7, 11) is 0. The summed E-state index contributed by atoms with van der Waals surface area (Å²) in [5.74, 6) is 0.511. The largest absolute Gasteiger partial charge is 0.376 e. The first-order chi connectivity index (χ1) is 8.31. The number of rotatable bonds is 4.